The number of carbonyl (C=O) groups is 1. The van der Waals surface area contributed by atoms with Gasteiger partial charge >= 0.3 is 5.97 Å². The Labute approximate surface area is 209 Å². The molecule has 1 aliphatic carbocycles. The molecule has 192 valence electrons. The van der Waals surface area contributed by atoms with E-state index < -0.39 is 5.97 Å². The number of fused-ring (bicyclic) bond motifs is 1. The smallest absolute Gasteiger partial charge is 0.306 e. The van der Waals surface area contributed by atoms with E-state index in [4.69, 9.17) is 14.2 Å². The van der Waals surface area contributed by atoms with Crippen LogP contribution in [0.15, 0.2) is 36.1 Å². The number of allylic oxidation sites excluding steroid dienone is 2. The molecule has 2 fully saturated rings. The van der Waals surface area contributed by atoms with Gasteiger partial charge in [0.1, 0.15) is 17.3 Å². The standard InChI is InChI=1S/C29H41NO5/c1-18(27(23-6-7-23)20(3)29(31)32)16-19(2)35-21(4)22-10-13-30(14-11-22)17-25-26(33-5)9-8-24-12-15-34-28(24)25/h8-9,16,20-23,27H,2,6-7,10-15,17H2,1,3-5H3,(H,31,32)/b18-16+/t20-,21+,27-/m0/s1. The molecular formula is C29H41NO5. The number of piperidine rings is 1. The molecule has 1 aromatic rings. The van der Waals surface area contributed by atoms with Gasteiger partial charge in [-0.25, -0.2) is 0 Å². The highest BCUT2D eigenvalue weighted by Gasteiger charge is 2.38. The van der Waals surface area contributed by atoms with Gasteiger partial charge in [-0.3, -0.25) is 9.69 Å². The maximum atomic E-state index is 11.6. The van der Waals surface area contributed by atoms with Gasteiger partial charge < -0.3 is 19.3 Å². The van der Waals surface area contributed by atoms with Gasteiger partial charge in [0.05, 0.1) is 31.3 Å². The van der Waals surface area contributed by atoms with Crippen molar-refractivity contribution in [3.63, 3.8) is 0 Å². The maximum absolute atomic E-state index is 11.6. The second-order valence-corrected chi connectivity index (χ2v) is 10.6. The summed E-state index contributed by atoms with van der Waals surface area (Å²) in [5.41, 5.74) is 3.52. The van der Waals surface area contributed by atoms with Gasteiger partial charge in [0, 0.05) is 13.0 Å². The average molecular weight is 484 g/mol. The normalized spacial score (nSPS) is 21.5. The van der Waals surface area contributed by atoms with E-state index in [9.17, 15) is 9.90 Å². The van der Waals surface area contributed by atoms with E-state index in [0.29, 0.717) is 17.6 Å². The van der Waals surface area contributed by atoms with Gasteiger partial charge in [-0.15, -0.1) is 0 Å². The van der Waals surface area contributed by atoms with Crippen LogP contribution in [0.5, 0.6) is 11.5 Å². The molecule has 3 aliphatic rings. The lowest BCUT2D eigenvalue weighted by Gasteiger charge is -2.35. The molecule has 3 atom stereocenters. The van der Waals surface area contributed by atoms with Crippen LogP contribution in [0.4, 0.5) is 0 Å². The van der Waals surface area contributed by atoms with Crippen molar-refractivity contribution in [3.8, 4) is 11.5 Å². The second kappa shape index (κ2) is 11.1. The highest BCUT2D eigenvalue weighted by molar-refractivity contribution is 5.70. The van der Waals surface area contributed by atoms with E-state index in [-0.39, 0.29) is 17.9 Å². The number of hydrogen-bond donors (Lipinski definition) is 1. The number of aliphatic carboxylic acids is 1. The summed E-state index contributed by atoms with van der Waals surface area (Å²) in [4.78, 5) is 14.1. The Morgan fingerprint density at radius 2 is 1.94 bits per heavy atom. The Bertz CT molecular complexity index is 958. The van der Waals surface area contributed by atoms with Gasteiger partial charge in [-0.05, 0) is 88.1 Å². The molecule has 0 bridgehead atoms. The molecule has 1 N–H and O–H groups in total. The molecule has 35 heavy (non-hydrogen) atoms. The monoisotopic (exact) mass is 483 g/mol. The van der Waals surface area contributed by atoms with Gasteiger partial charge in [0.25, 0.3) is 0 Å². The van der Waals surface area contributed by atoms with Crippen LogP contribution >= 0.6 is 0 Å². The highest BCUT2D eigenvalue weighted by Crippen LogP contribution is 2.44. The fourth-order valence-corrected chi connectivity index (χ4v) is 5.95. The molecule has 0 radical (unpaired) electrons. The predicted molar refractivity (Wildman–Crippen MR) is 137 cm³/mol. The predicted octanol–water partition coefficient (Wildman–Crippen LogP) is 5.45. The summed E-state index contributed by atoms with van der Waals surface area (Å²) < 4.78 is 17.8. The molecule has 0 unspecified atom stereocenters. The van der Waals surface area contributed by atoms with Crippen LogP contribution in [0, 0.1) is 23.7 Å². The molecule has 4 rings (SSSR count). The highest BCUT2D eigenvalue weighted by atomic mass is 16.5. The van der Waals surface area contributed by atoms with Gasteiger partial charge in [0.15, 0.2) is 0 Å². The molecule has 1 saturated carbocycles. The lowest BCUT2D eigenvalue weighted by Crippen LogP contribution is -2.37. The van der Waals surface area contributed by atoms with Crippen molar-refractivity contribution in [2.45, 2.75) is 65.5 Å². The lowest BCUT2D eigenvalue weighted by atomic mass is 9.83. The van der Waals surface area contributed by atoms with Crippen LogP contribution in [0.1, 0.15) is 57.6 Å². The summed E-state index contributed by atoms with van der Waals surface area (Å²) in [5.74, 6) is 2.45. The van der Waals surface area contributed by atoms with E-state index in [1.807, 2.05) is 19.9 Å². The molecular weight excluding hydrogens is 442 g/mol. The van der Waals surface area contributed by atoms with Crippen LogP contribution in [-0.2, 0) is 22.5 Å². The first-order valence-electron chi connectivity index (χ1n) is 13.1. The Hall–Kier alpha value is -2.47. The Balaban J connectivity index is 1.30. The largest absolute Gasteiger partial charge is 0.496 e. The summed E-state index contributed by atoms with van der Waals surface area (Å²) in [7, 11) is 1.73. The molecule has 1 saturated heterocycles. The average Bonchev–Trinajstić information content (AvgIpc) is 3.54. The van der Waals surface area contributed by atoms with Crippen LogP contribution < -0.4 is 9.47 Å². The van der Waals surface area contributed by atoms with Crippen molar-refractivity contribution in [1.82, 2.24) is 4.90 Å². The number of benzene rings is 1. The zero-order valence-corrected chi connectivity index (χ0v) is 21.7. The van der Waals surface area contributed by atoms with Crippen LogP contribution in [-0.4, -0.2) is 48.9 Å². The number of hydrogen-bond acceptors (Lipinski definition) is 5. The SMILES string of the molecule is C=C(/C=C(\C)[C@H](C1CC1)[C@H](C)C(=O)O)O[C@H](C)C1CCN(Cc2c(OC)ccc3c2OCC3)CC1. The number of rotatable bonds is 11. The molecule has 0 spiro atoms. The summed E-state index contributed by atoms with van der Waals surface area (Å²) in [6.45, 7) is 13.7. The van der Waals surface area contributed by atoms with Crippen molar-refractivity contribution in [1.29, 1.82) is 0 Å². The summed E-state index contributed by atoms with van der Waals surface area (Å²) in [6.07, 6.45) is 7.36. The number of carboxylic acids is 1. The molecule has 6 nitrogen and oxygen atoms in total. The number of methoxy groups -OCH3 is 1. The molecule has 0 amide bonds. The topological polar surface area (TPSA) is 68.2 Å². The van der Waals surface area contributed by atoms with Gasteiger partial charge in [-0.2, -0.15) is 0 Å². The first-order chi connectivity index (χ1) is 16.8. The molecule has 6 heteroatoms. The van der Waals surface area contributed by atoms with Crippen LogP contribution in [0.25, 0.3) is 0 Å². The number of carboxylic acid groups (broad SMARTS) is 1. The minimum Gasteiger partial charge on any atom is -0.496 e. The van der Waals surface area contributed by atoms with Crippen molar-refractivity contribution in [3.05, 3.63) is 47.2 Å². The summed E-state index contributed by atoms with van der Waals surface area (Å²) in [6, 6.07) is 4.19. The van der Waals surface area contributed by atoms with Gasteiger partial charge in [0.2, 0.25) is 0 Å². The Morgan fingerprint density at radius 1 is 1.23 bits per heavy atom. The fourth-order valence-electron chi connectivity index (χ4n) is 5.95. The summed E-state index contributed by atoms with van der Waals surface area (Å²) >= 11 is 0. The lowest BCUT2D eigenvalue weighted by molar-refractivity contribution is -0.142. The third-order valence-corrected chi connectivity index (χ3v) is 8.12. The first-order valence-corrected chi connectivity index (χ1v) is 13.1. The van der Waals surface area contributed by atoms with Crippen molar-refractivity contribution >= 4 is 5.97 Å². The number of nitrogens with zero attached hydrogens (tertiary/aromatic N) is 1. The van der Waals surface area contributed by atoms with Crippen molar-refractivity contribution in [2.24, 2.45) is 23.7 Å². The minimum atomic E-state index is -0.731. The van der Waals surface area contributed by atoms with Crippen molar-refractivity contribution in [2.75, 3.05) is 26.8 Å². The van der Waals surface area contributed by atoms with E-state index >= 15 is 0 Å². The van der Waals surface area contributed by atoms with Gasteiger partial charge in [-0.1, -0.05) is 25.1 Å². The third kappa shape index (κ3) is 6.03. The van der Waals surface area contributed by atoms with E-state index in [1.54, 1.807) is 7.11 Å². The molecule has 2 aliphatic heterocycles. The maximum Gasteiger partial charge on any atom is 0.306 e. The van der Waals surface area contributed by atoms with Crippen LogP contribution in [0.3, 0.4) is 0 Å². The van der Waals surface area contributed by atoms with Crippen LogP contribution in [0.2, 0.25) is 0 Å². The van der Waals surface area contributed by atoms with E-state index in [0.717, 1.165) is 75.4 Å². The first kappa shape index (κ1) is 25.6. The number of likely N-dealkylation sites (tertiary alicyclic amines) is 1. The Morgan fingerprint density at radius 3 is 2.57 bits per heavy atom. The number of ether oxygens (including phenoxy) is 3. The Kier molecular flexibility index (Phi) is 8.10. The minimum absolute atomic E-state index is 0.0619. The summed E-state index contributed by atoms with van der Waals surface area (Å²) in [5, 5.41) is 9.52. The van der Waals surface area contributed by atoms with E-state index in [1.165, 1.54) is 11.1 Å². The quantitative estimate of drug-likeness (QED) is 0.333. The zero-order valence-electron chi connectivity index (χ0n) is 21.7. The van der Waals surface area contributed by atoms with E-state index in [2.05, 4.69) is 30.5 Å². The zero-order chi connectivity index (χ0) is 25.1. The molecule has 0 aromatic heterocycles. The fraction of sp³-hybridized carbons (Fsp3) is 0.621. The molecule has 2 heterocycles. The second-order valence-electron chi connectivity index (χ2n) is 10.6. The van der Waals surface area contributed by atoms with Crippen molar-refractivity contribution < 1.29 is 24.1 Å². The third-order valence-electron chi connectivity index (χ3n) is 8.12. The molecule has 1 aromatic carbocycles.